The Bertz CT molecular complexity index is 1010. The molecule has 0 aliphatic heterocycles. The molecule has 0 spiro atoms. The molecule has 0 aliphatic rings. The summed E-state index contributed by atoms with van der Waals surface area (Å²) in [6, 6.07) is 8.55. The molecule has 7 heteroatoms. The molecule has 120 valence electrons. The van der Waals surface area contributed by atoms with Gasteiger partial charge in [0, 0.05) is 21.2 Å². The maximum atomic E-state index is 4.47. The van der Waals surface area contributed by atoms with Crippen molar-refractivity contribution in [2.75, 3.05) is 11.6 Å². The second-order valence-corrected chi connectivity index (χ2v) is 7.80. The van der Waals surface area contributed by atoms with Crippen LogP contribution in [0.15, 0.2) is 46.2 Å². The molecule has 3 heterocycles. The van der Waals surface area contributed by atoms with Crippen LogP contribution in [0.5, 0.6) is 0 Å². The summed E-state index contributed by atoms with van der Waals surface area (Å²) >= 11 is 4.96. The molecule has 0 saturated carbocycles. The molecule has 0 radical (unpaired) electrons. The SMILES string of the molecule is CSc1cccc(-c2csc3ncnc(Nc4nc(C)cs4)c23)c1. The molecule has 24 heavy (non-hydrogen) atoms. The van der Waals surface area contributed by atoms with E-state index >= 15 is 0 Å². The van der Waals surface area contributed by atoms with Gasteiger partial charge in [-0.1, -0.05) is 12.1 Å². The number of nitrogens with one attached hydrogen (secondary N) is 1. The van der Waals surface area contributed by atoms with Crippen molar-refractivity contribution in [2.45, 2.75) is 11.8 Å². The molecule has 0 amide bonds. The molecule has 4 rings (SSSR count). The van der Waals surface area contributed by atoms with Crippen LogP contribution in [0.1, 0.15) is 5.69 Å². The first-order chi connectivity index (χ1) is 11.7. The smallest absolute Gasteiger partial charge is 0.188 e. The lowest BCUT2D eigenvalue weighted by Crippen LogP contribution is -1.95. The Hall–Kier alpha value is -1.96. The van der Waals surface area contributed by atoms with Crippen LogP contribution in [0.3, 0.4) is 0 Å². The normalized spacial score (nSPS) is 11.1. The van der Waals surface area contributed by atoms with Crippen LogP contribution in [0.4, 0.5) is 10.9 Å². The van der Waals surface area contributed by atoms with Gasteiger partial charge in [0.25, 0.3) is 0 Å². The Morgan fingerprint density at radius 1 is 1.12 bits per heavy atom. The number of anilines is 2. The number of aryl methyl sites for hydroxylation is 1. The van der Waals surface area contributed by atoms with Crippen molar-refractivity contribution in [3.63, 3.8) is 0 Å². The molecule has 0 saturated heterocycles. The summed E-state index contributed by atoms with van der Waals surface area (Å²) in [4.78, 5) is 15.6. The summed E-state index contributed by atoms with van der Waals surface area (Å²) in [5.74, 6) is 0.806. The third kappa shape index (κ3) is 2.90. The lowest BCUT2D eigenvalue weighted by Gasteiger charge is -2.07. The fraction of sp³-hybridized carbons (Fsp3) is 0.118. The first-order valence-electron chi connectivity index (χ1n) is 7.30. The van der Waals surface area contributed by atoms with E-state index in [4.69, 9.17) is 0 Å². The summed E-state index contributed by atoms with van der Waals surface area (Å²) in [5, 5.41) is 9.42. The average Bonchev–Trinajstić information content (AvgIpc) is 3.22. The van der Waals surface area contributed by atoms with Crippen LogP contribution >= 0.6 is 34.4 Å². The minimum Gasteiger partial charge on any atom is -0.316 e. The zero-order valence-electron chi connectivity index (χ0n) is 13.1. The fourth-order valence-electron chi connectivity index (χ4n) is 2.49. The van der Waals surface area contributed by atoms with E-state index < -0.39 is 0 Å². The molecule has 3 aromatic heterocycles. The molecule has 0 aliphatic carbocycles. The minimum atomic E-state index is 0.806. The number of aromatic nitrogens is 3. The number of rotatable bonds is 4. The lowest BCUT2D eigenvalue weighted by molar-refractivity contribution is 1.21. The van der Waals surface area contributed by atoms with Crippen molar-refractivity contribution < 1.29 is 0 Å². The van der Waals surface area contributed by atoms with Crippen LogP contribution in [0.25, 0.3) is 21.3 Å². The van der Waals surface area contributed by atoms with Crippen LogP contribution < -0.4 is 5.32 Å². The van der Waals surface area contributed by atoms with Gasteiger partial charge in [-0.2, -0.15) is 0 Å². The number of thiophene rings is 1. The van der Waals surface area contributed by atoms with E-state index in [0.29, 0.717) is 0 Å². The quantitative estimate of drug-likeness (QED) is 0.475. The highest BCUT2D eigenvalue weighted by atomic mass is 32.2. The van der Waals surface area contributed by atoms with Gasteiger partial charge in [0.05, 0.1) is 11.1 Å². The first-order valence-corrected chi connectivity index (χ1v) is 10.3. The van der Waals surface area contributed by atoms with Gasteiger partial charge in [0.15, 0.2) is 5.13 Å². The van der Waals surface area contributed by atoms with Crippen LogP contribution in [0, 0.1) is 6.92 Å². The molecular formula is C17H14N4S3. The summed E-state index contributed by atoms with van der Waals surface area (Å²) in [5.41, 5.74) is 3.34. The Morgan fingerprint density at radius 3 is 2.83 bits per heavy atom. The molecule has 4 nitrogen and oxygen atoms in total. The van der Waals surface area contributed by atoms with Crippen LogP contribution in [0.2, 0.25) is 0 Å². The van der Waals surface area contributed by atoms with Gasteiger partial charge in [0.1, 0.15) is 17.0 Å². The number of thioether (sulfide) groups is 1. The molecule has 0 bridgehead atoms. The molecule has 1 aromatic carbocycles. The molecule has 0 unspecified atom stereocenters. The molecule has 1 N–H and O–H groups in total. The minimum absolute atomic E-state index is 0.806. The van der Waals surface area contributed by atoms with Crippen molar-refractivity contribution >= 4 is 55.6 Å². The highest BCUT2D eigenvalue weighted by Crippen LogP contribution is 2.38. The third-order valence-electron chi connectivity index (χ3n) is 3.60. The number of thiazole rings is 1. The number of nitrogens with zero attached hydrogens (tertiary/aromatic N) is 3. The van der Waals surface area contributed by atoms with Crippen LogP contribution in [-0.2, 0) is 0 Å². The summed E-state index contributed by atoms with van der Waals surface area (Å²) < 4.78 is 0. The average molecular weight is 371 g/mol. The maximum Gasteiger partial charge on any atom is 0.188 e. The van der Waals surface area contributed by atoms with Gasteiger partial charge in [-0.15, -0.1) is 34.4 Å². The third-order valence-corrected chi connectivity index (χ3v) is 6.08. The number of fused-ring (bicyclic) bond motifs is 1. The van der Waals surface area contributed by atoms with Crippen molar-refractivity contribution in [2.24, 2.45) is 0 Å². The lowest BCUT2D eigenvalue weighted by atomic mass is 10.1. The van der Waals surface area contributed by atoms with Crippen molar-refractivity contribution in [1.29, 1.82) is 0 Å². The summed E-state index contributed by atoms with van der Waals surface area (Å²) in [6.45, 7) is 1.99. The first kappa shape index (κ1) is 15.6. The molecular weight excluding hydrogens is 356 g/mol. The van der Waals surface area contributed by atoms with E-state index in [0.717, 1.165) is 32.4 Å². The summed E-state index contributed by atoms with van der Waals surface area (Å²) in [7, 11) is 0. The Labute approximate surface area is 152 Å². The highest BCUT2D eigenvalue weighted by Gasteiger charge is 2.14. The zero-order valence-corrected chi connectivity index (χ0v) is 15.6. The van der Waals surface area contributed by atoms with Gasteiger partial charge in [-0.25, -0.2) is 15.0 Å². The number of benzene rings is 1. The standard InChI is InChI=1S/C17H14N4S3/c1-10-7-24-17(20-10)21-15-14-13(8-23-16(14)19-9-18-15)11-4-3-5-12(6-11)22-2/h3-9H,1-2H3,(H,18,19,20,21). The van der Waals surface area contributed by atoms with Crippen molar-refractivity contribution in [1.82, 2.24) is 15.0 Å². The zero-order chi connectivity index (χ0) is 16.5. The number of hydrogen-bond acceptors (Lipinski definition) is 7. The number of hydrogen-bond donors (Lipinski definition) is 1. The predicted octanol–water partition coefficient (Wildman–Crippen LogP) is 5.59. The molecule has 4 aromatic rings. The Balaban J connectivity index is 1.84. The fourth-order valence-corrected chi connectivity index (χ4v) is 4.55. The van der Waals surface area contributed by atoms with Gasteiger partial charge >= 0.3 is 0 Å². The Kier molecular flexibility index (Phi) is 4.22. The van der Waals surface area contributed by atoms with Gasteiger partial charge in [-0.05, 0) is 30.9 Å². The second-order valence-electron chi connectivity index (χ2n) is 5.20. The predicted molar refractivity (Wildman–Crippen MR) is 105 cm³/mol. The van der Waals surface area contributed by atoms with E-state index in [-0.39, 0.29) is 0 Å². The van der Waals surface area contributed by atoms with Crippen molar-refractivity contribution in [3.8, 4) is 11.1 Å². The maximum absolute atomic E-state index is 4.47. The van der Waals surface area contributed by atoms with E-state index in [9.17, 15) is 0 Å². The van der Waals surface area contributed by atoms with Crippen LogP contribution in [-0.4, -0.2) is 21.2 Å². The molecule has 0 atom stereocenters. The van der Waals surface area contributed by atoms with Crippen molar-refractivity contribution in [3.05, 3.63) is 47.0 Å². The van der Waals surface area contributed by atoms with E-state index in [1.165, 1.54) is 10.5 Å². The monoisotopic (exact) mass is 370 g/mol. The van der Waals surface area contributed by atoms with E-state index in [2.05, 4.69) is 56.2 Å². The topological polar surface area (TPSA) is 50.7 Å². The second kappa shape index (κ2) is 6.51. The van der Waals surface area contributed by atoms with Gasteiger partial charge in [-0.3, -0.25) is 0 Å². The largest absolute Gasteiger partial charge is 0.316 e. The summed E-state index contributed by atoms with van der Waals surface area (Å²) in [6.07, 6.45) is 3.69. The Morgan fingerprint density at radius 2 is 2.04 bits per heavy atom. The van der Waals surface area contributed by atoms with Gasteiger partial charge in [0.2, 0.25) is 0 Å². The van der Waals surface area contributed by atoms with E-state index in [1.807, 2.05) is 12.3 Å². The van der Waals surface area contributed by atoms with E-state index in [1.54, 1.807) is 40.8 Å². The highest BCUT2D eigenvalue weighted by molar-refractivity contribution is 7.98. The van der Waals surface area contributed by atoms with Gasteiger partial charge < -0.3 is 5.32 Å². The molecule has 0 fully saturated rings.